The summed E-state index contributed by atoms with van der Waals surface area (Å²) in [5.74, 6) is 0.356. The van der Waals surface area contributed by atoms with Crippen LogP contribution in [-0.2, 0) is 10.0 Å². The predicted octanol–water partition coefficient (Wildman–Crippen LogP) is 1.99. The largest absolute Gasteiger partial charge is 0.495 e. The number of methoxy groups -OCH3 is 1. The highest BCUT2D eigenvalue weighted by molar-refractivity contribution is 7.92. The minimum absolute atomic E-state index is 0.0719. The monoisotopic (exact) mass is 323 g/mol. The van der Waals surface area contributed by atoms with E-state index in [1.54, 1.807) is 0 Å². The molecule has 116 valence electrons. The normalized spacial score (nSPS) is 11.0. The van der Waals surface area contributed by atoms with Gasteiger partial charge in [0.1, 0.15) is 5.75 Å². The zero-order chi connectivity index (χ0) is 16.3. The van der Waals surface area contributed by atoms with E-state index in [2.05, 4.69) is 4.72 Å². The average Bonchev–Trinajstić information content (AvgIpc) is 2.47. The molecule has 3 N–H and O–H groups in total. The summed E-state index contributed by atoms with van der Waals surface area (Å²) in [7, 11) is -2.49. The Bertz CT molecular complexity index is 820. The highest BCUT2D eigenvalue weighted by atomic mass is 32.2. The van der Waals surface area contributed by atoms with Crippen LogP contribution in [0.25, 0.3) is 0 Å². The molecule has 0 atom stereocenters. The maximum absolute atomic E-state index is 12.3. The van der Waals surface area contributed by atoms with Crippen LogP contribution in [0.2, 0.25) is 0 Å². The van der Waals surface area contributed by atoms with Gasteiger partial charge in [0.05, 0.1) is 28.3 Å². The Morgan fingerprint density at radius 3 is 2.55 bits per heavy atom. The average molecular weight is 323 g/mol. The molecule has 0 saturated heterocycles. The number of nitro groups is 1. The van der Waals surface area contributed by atoms with Crippen LogP contribution in [0.4, 0.5) is 17.1 Å². The summed E-state index contributed by atoms with van der Waals surface area (Å²) in [4.78, 5) is 10.0. The van der Waals surface area contributed by atoms with Gasteiger partial charge in [-0.15, -0.1) is 0 Å². The molecule has 8 nitrogen and oxygen atoms in total. The number of sulfonamides is 1. The summed E-state index contributed by atoms with van der Waals surface area (Å²) in [6.45, 7) is 0. The van der Waals surface area contributed by atoms with Gasteiger partial charge in [-0.05, 0) is 24.3 Å². The SMILES string of the molecule is COc1ccc(S(=O)(=O)Nc2cccc([N+](=O)[O-])c2)cc1N. The van der Waals surface area contributed by atoms with E-state index in [-0.39, 0.29) is 22.0 Å². The van der Waals surface area contributed by atoms with Crippen LogP contribution in [0.15, 0.2) is 47.4 Å². The topological polar surface area (TPSA) is 125 Å². The molecule has 2 aromatic rings. The molecule has 0 bridgehead atoms. The molecule has 0 spiro atoms. The number of nitrogen functional groups attached to an aromatic ring is 1. The van der Waals surface area contributed by atoms with Crippen LogP contribution in [-0.4, -0.2) is 20.5 Å². The second-order valence-electron chi connectivity index (χ2n) is 4.32. The number of non-ortho nitro benzene ring substituents is 1. The summed E-state index contributed by atoms with van der Waals surface area (Å²) in [6.07, 6.45) is 0. The quantitative estimate of drug-likeness (QED) is 0.492. The van der Waals surface area contributed by atoms with Gasteiger partial charge in [0.15, 0.2) is 0 Å². The molecule has 0 aliphatic heterocycles. The molecule has 2 aromatic carbocycles. The number of hydrogen-bond acceptors (Lipinski definition) is 6. The number of nitrogens with zero attached hydrogens (tertiary/aromatic N) is 1. The van der Waals surface area contributed by atoms with Crippen molar-refractivity contribution in [3.63, 3.8) is 0 Å². The number of nitrogens with one attached hydrogen (secondary N) is 1. The first-order chi connectivity index (χ1) is 10.3. The van der Waals surface area contributed by atoms with Crippen molar-refractivity contribution in [2.24, 2.45) is 0 Å². The van der Waals surface area contributed by atoms with Gasteiger partial charge in [-0.3, -0.25) is 14.8 Å². The smallest absolute Gasteiger partial charge is 0.271 e. The van der Waals surface area contributed by atoms with Crippen LogP contribution in [0.5, 0.6) is 5.75 Å². The fraction of sp³-hybridized carbons (Fsp3) is 0.0769. The number of anilines is 2. The standard InChI is InChI=1S/C13H13N3O5S/c1-21-13-6-5-11(8-12(13)14)22(19,20)15-9-3-2-4-10(7-9)16(17)18/h2-8,15H,14H2,1H3. The summed E-state index contributed by atoms with van der Waals surface area (Å²) in [5, 5.41) is 10.7. The number of ether oxygens (including phenoxy) is 1. The molecule has 0 amide bonds. The van der Waals surface area contributed by atoms with Crippen molar-refractivity contribution in [1.82, 2.24) is 0 Å². The summed E-state index contributed by atoms with van der Waals surface area (Å²) >= 11 is 0. The fourth-order valence-corrected chi connectivity index (χ4v) is 2.86. The zero-order valence-corrected chi connectivity index (χ0v) is 12.3. The van der Waals surface area contributed by atoms with E-state index < -0.39 is 14.9 Å². The number of hydrogen-bond donors (Lipinski definition) is 2. The van der Waals surface area contributed by atoms with Gasteiger partial charge in [0.2, 0.25) is 0 Å². The second kappa shape index (κ2) is 5.90. The Kier molecular flexibility index (Phi) is 4.18. The second-order valence-corrected chi connectivity index (χ2v) is 6.00. The molecule has 0 saturated carbocycles. The predicted molar refractivity (Wildman–Crippen MR) is 81.3 cm³/mol. The van der Waals surface area contributed by atoms with Crippen molar-refractivity contribution >= 4 is 27.1 Å². The summed E-state index contributed by atoms with van der Waals surface area (Å²) < 4.78 is 31.7. The molecule has 0 aromatic heterocycles. The van der Waals surface area contributed by atoms with Crippen LogP contribution in [0.3, 0.4) is 0 Å². The van der Waals surface area contributed by atoms with Gasteiger partial charge in [-0.2, -0.15) is 0 Å². The molecule has 9 heteroatoms. The lowest BCUT2D eigenvalue weighted by molar-refractivity contribution is -0.384. The molecule has 0 aliphatic carbocycles. The molecule has 0 aliphatic rings. The number of nitrogens with two attached hydrogens (primary N) is 1. The third-order valence-corrected chi connectivity index (χ3v) is 4.20. The first kappa shape index (κ1) is 15.6. The van der Waals surface area contributed by atoms with Gasteiger partial charge in [-0.1, -0.05) is 6.07 Å². The first-order valence-electron chi connectivity index (χ1n) is 6.04. The van der Waals surface area contributed by atoms with Gasteiger partial charge >= 0.3 is 0 Å². The van der Waals surface area contributed by atoms with Gasteiger partial charge in [0, 0.05) is 12.1 Å². The molecule has 22 heavy (non-hydrogen) atoms. The lowest BCUT2D eigenvalue weighted by atomic mass is 10.3. The zero-order valence-electron chi connectivity index (χ0n) is 11.5. The summed E-state index contributed by atoms with van der Waals surface area (Å²) in [5.41, 5.74) is 5.72. The van der Waals surface area contributed by atoms with Gasteiger partial charge in [0.25, 0.3) is 15.7 Å². The van der Waals surface area contributed by atoms with Crippen molar-refractivity contribution in [2.45, 2.75) is 4.90 Å². The first-order valence-corrected chi connectivity index (χ1v) is 7.52. The van der Waals surface area contributed by atoms with Crippen molar-refractivity contribution in [1.29, 1.82) is 0 Å². The van der Waals surface area contributed by atoms with Crippen molar-refractivity contribution in [2.75, 3.05) is 17.6 Å². The van der Waals surface area contributed by atoms with Crippen molar-refractivity contribution < 1.29 is 18.1 Å². The summed E-state index contributed by atoms with van der Waals surface area (Å²) in [6, 6.07) is 9.20. The molecule has 0 radical (unpaired) electrons. The van der Waals surface area contributed by atoms with Crippen molar-refractivity contribution in [3.05, 3.63) is 52.6 Å². The Morgan fingerprint density at radius 2 is 1.95 bits per heavy atom. The number of benzene rings is 2. The lowest BCUT2D eigenvalue weighted by Crippen LogP contribution is -2.13. The lowest BCUT2D eigenvalue weighted by Gasteiger charge is -2.10. The minimum atomic E-state index is -3.91. The highest BCUT2D eigenvalue weighted by Crippen LogP contribution is 2.26. The molecule has 2 rings (SSSR count). The van der Waals surface area contributed by atoms with Crippen LogP contribution in [0, 0.1) is 10.1 Å². The van der Waals surface area contributed by atoms with E-state index in [0.717, 1.165) is 6.07 Å². The highest BCUT2D eigenvalue weighted by Gasteiger charge is 2.17. The molecule has 0 unspecified atom stereocenters. The molecular formula is C13H13N3O5S. The van der Waals surface area contributed by atoms with E-state index in [0.29, 0.717) is 5.75 Å². The Labute approximate surface area is 126 Å². The third kappa shape index (κ3) is 3.26. The van der Waals surface area contributed by atoms with Crippen LogP contribution >= 0.6 is 0 Å². The molecule has 0 heterocycles. The van der Waals surface area contributed by atoms with Crippen molar-refractivity contribution in [3.8, 4) is 5.75 Å². The van der Waals surface area contributed by atoms with Crippen LogP contribution < -0.4 is 15.2 Å². The maximum Gasteiger partial charge on any atom is 0.271 e. The molecular weight excluding hydrogens is 310 g/mol. The molecule has 0 fully saturated rings. The fourth-order valence-electron chi connectivity index (χ4n) is 1.78. The Balaban J connectivity index is 2.33. The van der Waals surface area contributed by atoms with Crippen LogP contribution in [0.1, 0.15) is 0 Å². The van der Waals surface area contributed by atoms with Gasteiger partial charge in [-0.25, -0.2) is 8.42 Å². The minimum Gasteiger partial charge on any atom is -0.495 e. The maximum atomic E-state index is 12.3. The Hall–Kier alpha value is -2.81. The Morgan fingerprint density at radius 1 is 1.23 bits per heavy atom. The van der Waals surface area contributed by atoms with E-state index in [1.165, 1.54) is 43.5 Å². The van der Waals surface area contributed by atoms with E-state index in [1.807, 2.05) is 0 Å². The van der Waals surface area contributed by atoms with E-state index in [9.17, 15) is 18.5 Å². The number of nitro benzene ring substituents is 1. The van der Waals surface area contributed by atoms with E-state index >= 15 is 0 Å². The van der Waals surface area contributed by atoms with E-state index in [4.69, 9.17) is 10.5 Å². The third-order valence-electron chi connectivity index (χ3n) is 2.82. The number of rotatable bonds is 5. The van der Waals surface area contributed by atoms with Gasteiger partial charge < -0.3 is 10.5 Å².